The van der Waals surface area contributed by atoms with Crippen molar-refractivity contribution in [2.45, 2.75) is 25.4 Å². The lowest BCUT2D eigenvalue weighted by molar-refractivity contribution is -0.122. The van der Waals surface area contributed by atoms with E-state index in [1.165, 1.54) is 11.1 Å². The summed E-state index contributed by atoms with van der Waals surface area (Å²) in [5, 5.41) is 3.11. The second kappa shape index (κ2) is 7.70. The third-order valence-corrected chi connectivity index (χ3v) is 4.72. The van der Waals surface area contributed by atoms with Crippen molar-refractivity contribution in [3.8, 4) is 5.75 Å². The van der Waals surface area contributed by atoms with E-state index in [1.54, 1.807) is 7.11 Å². The molecule has 0 spiro atoms. The Morgan fingerprint density at radius 3 is 2.52 bits per heavy atom. The van der Waals surface area contributed by atoms with E-state index in [2.05, 4.69) is 42.5 Å². The van der Waals surface area contributed by atoms with Gasteiger partial charge in [0.2, 0.25) is 5.91 Å². The van der Waals surface area contributed by atoms with Gasteiger partial charge in [-0.3, -0.25) is 4.79 Å². The molecule has 2 atom stereocenters. The van der Waals surface area contributed by atoms with Gasteiger partial charge < -0.3 is 15.0 Å². The van der Waals surface area contributed by atoms with Crippen molar-refractivity contribution in [3.05, 3.63) is 65.2 Å². The van der Waals surface area contributed by atoms with Gasteiger partial charge in [-0.2, -0.15) is 0 Å². The highest BCUT2D eigenvalue weighted by Gasteiger charge is 2.45. The second-order valence-electron chi connectivity index (χ2n) is 6.91. The molecule has 1 amide bonds. The van der Waals surface area contributed by atoms with Crippen LogP contribution in [0.1, 0.15) is 29.0 Å². The third kappa shape index (κ3) is 4.20. The summed E-state index contributed by atoms with van der Waals surface area (Å²) in [6, 6.07) is 16.3. The Balaban J connectivity index is 1.60. The first kappa shape index (κ1) is 17.5. The van der Waals surface area contributed by atoms with Crippen molar-refractivity contribution in [1.82, 2.24) is 10.2 Å². The summed E-state index contributed by atoms with van der Waals surface area (Å²) in [6.07, 6.45) is 0.894. The molecule has 0 radical (unpaired) electrons. The molecular weight excluding hydrogens is 312 g/mol. The first-order chi connectivity index (χ1) is 12.1. The van der Waals surface area contributed by atoms with Crippen molar-refractivity contribution in [2.24, 2.45) is 5.92 Å². The van der Waals surface area contributed by atoms with Crippen LogP contribution in [0.25, 0.3) is 0 Å². The normalized spacial score (nSPS) is 18.9. The number of amides is 1. The molecule has 25 heavy (non-hydrogen) atoms. The van der Waals surface area contributed by atoms with Crippen LogP contribution in [-0.2, 0) is 17.9 Å². The summed E-state index contributed by atoms with van der Waals surface area (Å²) in [6.45, 7) is 1.46. The van der Waals surface area contributed by atoms with Gasteiger partial charge in [0.05, 0.1) is 7.11 Å². The number of nitrogens with one attached hydrogen (secondary N) is 1. The number of methoxy groups -OCH3 is 1. The maximum Gasteiger partial charge on any atom is 0.224 e. The zero-order chi connectivity index (χ0) is 17.8. The summed E-state index contributed by atoms with van der Waals surface area (Å²) in [7, 11) is 5.78. The SMILES string of the molecule is COc1ccccc1[C@H]1C[C@@H]1C(=O)NCc1ccccc1CN(C)C. The lowest BCUT2D eigenvalue weighted by Gasteiger charge is -2.14. The molecule has 1 aliphatic rings. The standard InChI is InChI=1S/C21H26N2O2/c1-23(2)14-16-9-5-4-8-15(16)13-22-21(24)19-12-18(19)17-10-6-7-11-20(17)25-3/h4-11,18-19H,12-14H2,1-3H3,(H,22,24)/t18-,19+/m1/s1. The van der Waals surface area contributed by atoms with E-state index in [0.29, 0.717) is 6.54 Å². The minimum absolute atomic E-state index is 0.0531. The molecule has 3 rings (SSSR count). The highest BCUT2D eigenvalue weighted by atomic mass is 16.5. The highest BCUT2D eigenvalue weighted by molar-refractivity contribution is 5.83. The number of rotatable bonds is 7. The van der Waals surface area contributed by atoms with Gasteiger partial charge in [-0.05, 0) is 49.2 Å². The van der Waals surface area contributed by atoms with Crippen LogP contribution in [0.5, 0.6) is 5.75 Å². The van der Waals surface area contributed by atoms with Crippen molar-refractivity contribution in [1.29, 1.82) is 0 Å². The van der Waals surface area contributed by atoms with Gasteiger partial charge in [0, 0.05) is 19.0 Å². The van der Waals surface area contributed by atoms with E-state index < -0.39 is 0 Å². The van der Waals surface area contributed by atoms with E-state index in [1.807, 2.05) is 30.3 Å². The third-order valence-electron chi connectivity index (χ3n) is 4.72. The fourth-order valence-electron chi connectivity index (χ4n) is 3.34. The monoisotopic (exact) mass is 338 g/mol. The molecule has 0 aliphatic heterocycles. The van der Waals surface area contributed by atoms with Gasteiger partial charge >= 0.3 is 0 Å². The Morgan fingerprint density at radius 2 is 1.80 bits per heavy atom. The molecule has 2 aromatic rings. The molecule has 132 valence electrons. The molecule has 1 saturated carbocycles. The number of benzene rings is 2. The smallest absolute Gasteiger partial charge is 0.224 e. The summed E-state index contributed by atoms with van der Waals surface area (Å²) >= 11 is 0. The number of ether oxygens (including phenoxy) is 1. The van der Waals surface area contributed by atoms with E-state index in [-0.39, 0.29) is 17.7 Å². The average Bonchev–Trinajstić information content (AvgIpc) is 3.41. The number of carbonyl (C=O) groups excluding carboxylic acids is 1. The molecule has 4 heteroatoms. The van der Waals surface area contributed by atoms with Crippen LogP contribution < -0.4 is 10.1 Å². The van der Waals surface area contributed by atoms with Crippen LogP contribution in [-0.4, -0.2) is 32.0 Å². The van der Waals surface area contributed by atoms with Crippen LogP contribution >= 0.6 is 0 Å². The van der Waals surface area contributed by atoms with E-state index >= 15 is 0 Å². The maximum atomic E-state index is 12.5. The van der Waals surface area contributed by atoms with E-state index in [4.69, 9.17) is 4.74 Å². The molecule has 0 saturated heterocycles. The Kier molecular flexibility index (Phi) is 5.39. The quantitative estimate of drug-likeness (QED) is 0.843. The number of carbonyl (C=O) groups is 1. The van der Waals surface area contributed by atoms with Crippen LogP contribution in [0.4, 0.5) is 0 Å². The van der Waals surface area contributed by atoms with Gasteiger partial charge in [-0.1, -0.05) is 42.5 Å². The van der Waals surface area contributed by atoms with Crippen LogP contribution in [0.2, 0.25) is 0 Å². The predicted octanol–water partition coefficient (Wildman–Crippen LogP) is 3.18. The van der Waals surface area contributed by atoms with Crippen molar-refractivity contribution < 1.29 is 9.53 Å². The summed E-state index contributed by atoms with van der Waals surface area (Å²) in [4.78, 5) is 14.7. The molecule has 2 aromatic carbocycles. The largest absolute Gasteiger partial charge is 0.496 e. The van der Waals surface area contributed by atoms with Crippen molar-refractivity contribution in [3.63, 3.8) is 0 Å². The topological polar surface area (TPSA) is 41.6 Å². The fourth-order valence-corrected chi connectivity index (χ4v) is 3.34. The minimum atomic E-state index is 0.0531. The van der Waals surface area contributed by atoms with Gasteiger partial charge in [0.15, 0.2) is 0 Å². The first-order valence-corrected chi connectivity index (χ1v) is 8.72. The van der Waals surface area contributed by atoms with E-state index in [9.17, 15) is 4.79 Å². The number of para-hydroxylation sites is 1. The maximum absolute atomic E-state index is 12.5. The molecule has 0 heterocycles. The van der Waals surface area contributed by atoms with Crippen LogP contribution in [0.3, 0.4) is 0 Å². The Bertz CT molecular complexity index is 742. The van der Waals surface area contributed by atoms with Crippen molar-refractivity contribution >= 4 is 5.91 Å². The average molecular weight is 338 g/mol. The number of nitrogens with zero attached hydrogens (tertiary/aromatic N) is 1. The Labute approximate surface area is 149 Å². The van der Waals surface area contributed by atoms with Crippen molar-refractivity contribution in [2.75, 3.05) is 21.2 Å². The van der Waals surface area contributed by atoms with Gasteiger partial charge in [-0.25, -0.2) is 0 Å². The fraction of sp³-hybridized carbons (Fsp3) is 0.381. The molecule has 1 fully saturated rings. The summed E-state index contributed by atoms with van der Waals surface area (Å²) in [5.41, 5.74) is 3.57. The minimum Gasteiger partial charge on any atom is -0.496 e. The summed E-state index contributed by atoms with van der Waals surface area (Å²) in [5.74, 6) is 1.33. The highest BCUT2D eigenvalue weighted by Crippen LogP contribution is 2.50. The molecule has 0 aromatic heterocycles. The molecular formula is C21H26N2O2. The van der Waals surface area contributed by atoms with Gasteiger partial charge in [0.25, 0.3) is 0 Å². The van der Waals surface area contributed by atoms with Gasteiger partial charge in [-0.15, -0.1) is 0 Å². The number of hydrogen-bond donors (Lipinski definition) is 1. The lowest BCUT2D eigenvalue weighted by atomic mass is 10.1. The summed E-state index contributed by atoms with van der Waals surface area (Å²) < 4.78 is 5.42. The van der Waals surface area contributed by atoms with Crippen LogP contribution in [0.15, 0.2) is 48.5 Å². The lowest BCUT2D eigenvalue weighted by Crippen LogP contribution is -2.26. The number of hydrogen-bond acceptors (Lipinski definition) is 3. The second-order valence-corrected chi connectivity index (χ2v) is 6.91. The molecule has 0 unspecified atom stereocenters. The zero-order valence-corrected chi connectivity index (χ0v) is 15.2. The Morgan fingerprint density at radius 1 is 1.12 bits per heavy atom. The predicted molar refractivity (Wildman–Crippen MR) is 99.5 cm³/mol. The molecule has 1 N–H and O–H groups in total. The Hall–Kier alpha value is -2.33. The van der Waals surface area contributed by atoms with Crippen LogP contribution in [0, 0.1) is 5.92 Å². The molecule has 1 aliphatic carbocycles. The molecule has 4 nitrogen and oxygen atoms in total. The first-order valence-electron chi connectivity index (χ1n) is 8.72. The van der Waals surface area contributed by atoms with E-state index in [0.717, 1.165) is 24.3 Å². The van der Waals surface area contributed by atoms with Gasteiger partial charge in [0.1, 0.15) is 5.75 Å². The zero-order valence-electron chi connectivity index (χ0n) is 15.2. The molecule has 0 bridgehead atoms.